The molecule has 1 heterocycles. The van der Waals surface area contributed by atoms with Crippen LogP contribution >= 0.6 is 23.5 Å². The summed E-state index contributed by atoms with van der Waals surface area (Å²) in [7, 11) is 1.66. The van der Waals surface area contributed by atoms with Gasteiger partial charge < -0.3 is 10.1 Å². The Bertz CT molecular complexity index is 492. The third kappa shape index (κ3) is 4.76. The number of nitrogens with one attached hydrogen (secondary N) is 1. The summed E-state index contributed by atoms with van der Waals surface area (Å²) in [4.78, 5) is 16.0. The van der Waals surface area contributed by atoms with Gasteiger partial charge in [0, 0.05) is 12.3 Å². The molecule has 0 radical (unpaired) electrons. The summed E-state index contributed by atoms with van der Waals surface area (Å²) in [5.74, 6) is 2.41. The summed E-state index contributed by atoms with van der Waals surface area (Å²) in [6, 6.07) is 7.87. The van der Waals surface area contributed by atoms with E-state index in [4.69, 9.17) is 4.74 Å². The average molecular weight is 310 g/mol. The molecule has 2 rings (SSSR count). The molecule has 0 saturated heterocycles. The van der Waals surface area contributed by atoms with Gasteiger partial charge in [0.15, 0.2) is 0 Å². The summed E-state index contributed by atoms with van der Waals surface area (Å²) in [6.45, 7) is 1.50. The van der Waals surface area contributed by atoms with E-state index in [-0.39, 0.29) is 5.91 Å². The Hall–Kier alpha value is -1.14. The first-order valence-corrected chi connectivity index (χ1v) is 8.45. The second kappa shape index (κ2) is 8.21. The number of aliphatic imine (C=N–C) groups is 1. The smallest absolute Gasteiger partial charge is 0.230 e. The first-order chi connectivity index (χ1) is 9.79. The Morgan fingerprint density at radius 3 is 3.10 bits per heavy atom. The van der Waals surface area contributed by atoms with E-state index in [9.17, 15) is 4.79 Å². The molecule has 0 spiro atoms. The molecular weight excluding hydrogens is 292 g/mol. The van der Waals surface area contributed by atoms with Gasteiger partial charge >= 0.3 is 0 Å². The second-order valence-electron chi connectivity index (χ2n) is 4.20. The lowest BCUT2D eigenvalue weighted by Gasteiger charge is -2.09. The molecule has 0 fully saturated rings. The number of methoxy groups -OCH3 is 1. The number of carbonyl (C=O) groups excluding carboxylic acids is 1. The lowest BCUT2D eigenvalue weighted by atomic mass is 10.1. The van der Waals surface area contributed by atoms with Crippen LogP contribution in [-0.2, 0) is 11.2 Å². The number of amides is 1. The number of hydrogen-bond acceptors (Lipinski definition) is 5. The van der Waals surface area contributed by atoms with Crippen LogP contribution < -0.4 is 10.1 Å². The summed E-state index contributed by atoms with van der Waals surface area (Å²) >= 11 is 3.25. The van der Waals surface area contributed by atoms with Crippen molar-refractivity contribution in [3.63, 3.8) is 0 Å². The molecule has 0 unspecified atom stereocenters. The Morgan fingerprint density at radius 2 is 2.35 bits per heavy atom. The minimum atomic E-state index is 0.0556. The highest BCUT2D eigenvalue weighted by Crippen LogP contribution is 2.21. The van der Waals surface area contributed by atoms with Crippen LogP contribution in [-0.4, -0.2) is 42.0 Å². The van der Waals surface area contributed by atoms with Crippen molar-refractivity contribution in [1.82, 2.24) is 5.32 Å². The third-order valence-electron chi connectivity index (χ3n) is 2.79. The van der Waals surface area contributed by atoms with Crippen molar-refractivity contribution in [2.45, 2.75) is 6.42 Å². The largest absolute Gasteiger partial charge is 0.496 e. The fraction of sp³-hybridized carbons (Fsp3) is 0.429. The van der Waals surface area contributed by atoms with Crippen molar-refractivity contribution < 1.29 is 9.53 Å². The maximum atomic E-state index is 11.7. The van der Waals surface area contributed by atoms with Gasteiger partial charge in [-0.15, -0.1) is 0 Å². The van der Waals surface area contributed by atoms with Crippen LogP contribution in [0.15, 0.2) is 29.3 Å². The molecule has 108 valence electrons. The van der Waals surface area contributed by atoms with Crippen molar-refractivity contribution in [3.05, 3.63) is 29.8 Å². The molecule has 4 nitrogen and oxygen atoms in total. The number of ether oxygens (including phenoxy) is 1. The fourth-order valence-electron chi connectivity index (χ4n) is 1.83. The molecule has 1 N–H and O–H groups in total. The summed E-state index contributed by atoms with van der Waals surface area (Å²) in [5.41, 5.74) is 1.11. The van der Waals surface area contributed by atoms with Crippen molar-refractivity contribution in [3.8, 4) is 5.75 Å². The van der Waals surface area contributed by atoms with Crippen LogP contribution in [0.4, 0.5) is 0 Å². The lowest BCUT2D eigenvalue weighted by Crippen LogP contribution is -2.27. The van der Waals surface area contributed by atoms with E-state index in [1.165, 1.54) is 11.8 Å². The molecule has 0 aliphatic carbocycles. The molecule has 6 heteroatoms. The molecule has 1 amide bonds. The molecule has 1 aliphatic heterocycles. The Labute approximate surface area is 127 Å². The van der Waals surface area contributed by atoms with E-state index in [1.807, 2.05) is 24.3 Å². The van der Waals surface area contributed by atoms with Gasteiger partial charge in [0.1, 0.15) is 10.1 Å². The maximum absolute atomic E-state index is 11.7. The van der Waals surface area contributed by atoms with Gasteiger partial charge in [-0.1, -0.05) is 41.7 Å². The van der Waals surface area contributed by atoms with Crippen molar-refractivity contribution >= 4 is 33.8 Å². The summed E-state index contributed by atoms with van der Waals surface area (Å²) in [6.07, 6.45) is 0.774. The maximum Gasteiger partial charge on any atom is 0.230 e. The predicted molar refractivity (Wildman–Crippen MR) is 86.9 cm³/mol. The number of carbonyl (C=O) groups is 1. The number of rotatable bonds is 6. The van der Waals surface area contributed by atoms with E-state index < -0.39 is 0 Å². The number of nitrogens with zero attached hydrogens (tertiary/aromatic N) is 1. The summed E-state index contributed by atoms with van der Waals surface area (Å²) in [5, 5.41) is 2.93. The van der Waals surface area contributed by atoms with Crippen LogP contribution in [0.1, 0.15) is 5.56 Å². The molecule has 0 saturated carbocycles. The molecule has 1 aromatic carbocycles. The quantitative estimate of drug-likeness (QED) is 0.875. The third-order valence-corrected chi connectivity index (χ3v) is 5.05. The highest BCUT2D eigenvalue weighted by atomic mass is 32.2. The van der Waals surface area contributed by atoms with E-state index in [2.05, 4.69) is 10.3 Å². The molecule has 0 bridgehead atoms. The zero-order chi connectivity index (χ0) is 14.2. The van der Waals surface area contributed by atoms with Crippen molar-refractivity contribution in [2.24, 2.45) is 4.99 Å². The molecule has 20 heavy (non-hydrogen) atoms. The molecular formula is C14H18N2O2S2. The van der Waals surface area contributed by atoms with Gasteiger partial charge in [-0.05, 0) is 18.1 Å². The van der Waals surface area contributed by atoms with Crippen molar-refractivity contribution in [2.75, 3.05) is 31.7 Å². The van der Waals surface area contributed by atoms with Gasteiger partial charge in [0.2, 0.25) is 5.91 Å². The highest BCUT2D eigenvalue weighted by Gasteiger charge is 2.10. The normalized spacial score (nSPS) is 13.9. The van der Waals surface area contributed by atoms with Gasteiger partial charge in [-0.25, -0.2) is 0 Å². The molecule has 0 aromatic heterocycles. The highest BCUT2D eigenvalue weighted by molar-refractivity contribution is 8.39. The fourth-order valence-corrected chi connectivity index (χ4v) is 3.67. The van der Waals surface area contributed by atoms with Gasteiger partial charge in [0.05, 0.1) is 19.4 Å². The average Bonchev–Trinajstić information content (AvgIpc) is 2.99. The molecule has 1 aliphatic rings. The van der Waals surface area contributed by atoms with Crippen LogP contribution in [0, 0.1) is 0 Å². The Morgan fingerprint density at radius 1 is 1.50 bits per heavy atom. The van der Waals surface area contributed by atoms with Gasteiger partial charge in [-0.2, -0.15) is 0 Å². The van der Waals surface area contributed by atoms with Gasteiger partial charge in [0.25, 0.3) is 0 Å². The Balaban J connectivity index is 1.68. The zero-order valence-electron chi connectivity index (χ0n) is 11.4. The molecule has 1 aromatic rings. The monoisotopic (exact) mass is 310 g/mol. The van der Waals surface area contributed by atoms with E-state index in [0.29, 0.717) is 12.3 Å². The van der Waals surface area contributed by atoms with E-state index in [1.54, 1.807) is 18.9 Å². The summed E-state index contributed by atoms with van der Waals surface area (Å²) < 4.78 is 6.31. The molecule has 0 atom stereocenters. The number of thioether (sulfide) groups is 2. The first kappa shape index (κ1) is 15.3. The standard InChI is InChI=1S/C14H18N2O2S2/c1-18-12-5-3-2-4-11(12)6-7-15-13(17)10-20-14-16-8-9-19-14/h2-5H,6-10H2,1H3,(H,15,17). The van der Waals surface area contributed by atoms with E-state index >= 15 is 0 Å². The van der Waals surface area contributed by atoms with Gasteiger partial charge in [-0.3, -0.25) is 9.79 Å². The lowest BCUT2D eigenvalue weighted by molar-refractivity contribution is -0.118. The minimum absolute atomic E-state index is 0.0556. The minimum Gasteiger partial charge on any atom is -0.496 e. The Kier molecular flexibility index (Phi) is 6.26. The number of para-hydroxylation sites is 1. The van der Waals surface area contributed by atoms with E-state index in [0.717, 1.165) is 34.4 Å². The number of hydrogen-bond donors (Lipinski definition) is 1. The van der Waals surface area contributed by atoms with Crippen LogP contribution in [0.5, 0.6) is 5.75 Å². The second-order valence-corrected chi connectivity index (χ2v) is 6.50. The topological polar surface area (TPSA) is 50.7 Å². The predicted octanol–water partition coefficient (Wildman–Crippen LogP) is 2.19. The number of benzene rings is 1. The first-order valence-electron chi connectivity index (χ1n) is 6.48. The zero-order valence-corrected chi connectivity index (χ0v) is 13.1. The van der Waals surface area contributed by atoms with Crippen molar-refractivity contribution in [1.29, 1.82) is 0 Å². The SMILES string of the molecule is COc1ccccc1CCNC(=O)CSC1=NCCS1. The van der Waals surface area contributed by atoms with Crippen LogP contribution in [0.2, 0.25) is 0 Å². The van der Waals surface area contributed by atoms with Crippen LogP contribution in [0.3, 0.4) is 0 Å². The van der Waals surface area contributed by atoms with Crippen LogP contribution in [0.25, 0.3) is 0 Å².